The van der Waals surface area contributed by atoms with Crippen LogP contribution in [0.15, 0.2) is 41.5 Å². The van der Waals surface area contributed by atoms with Crippen LogP contribution in [0.25, 0.3) is 0 Å². The first-order chi connectivity index (χ1) is 11.9. The van der Waals surface area contributed by atoms with Gasteiger partial charge in [-0.3, -0.25) is 9.59 Å². The highest BCUT2D eigenvalue weighted by molar-refractivity contribution is 14.1. The van der Waals surface area contributed by atoms with Crippen molar-refractivity contribution in [2.24, 2.45) is 5.10 Å². The molecule has 130 valence electrons. The molecule has 0 spiro atoms. The molecule has 0 aliphatic rings. The van der Waals surface area contributed by atoms with Gasteiger partial charge in [0, 0.05) is 0 Å². The van der Waals surface area contributed by atoms with Crippen LogP contribution in [0.5, 0.6) is 11.5 Å². The molecule has 3 N–H and O–H groups in total. The molecule has 0 aliphatic heterocycles. The molecule has 7 nitrogen and oxygen atoms in total. The highest BCUT2D eigenvalue weighted by Crippen LogP contribution is 2.31. The number of methoxy groups -OCH3 is 1. The first-order valence-electron chi connectivity index (χ1n) is 6.87. The second-order valence-electron chi connectivity index (χ2n) is 4.69. The van der Waals surface area contributed by atoms with Gasteiger partial charge in [-0.25, -0.2) is 5.43 Å². The topological polar surface area (TPSA) is 100 Å². The summed E-state index contributed by atoms with van der Waals surface area (Å²) < 4.78 is 5.59. The molecular formula is C16H13ClIN3O4. The molecule has 25 heavy (non-hydrogen) atoms. The average molecular weight is 474 g/mol. The van der Waals surface area contributed by atoms with Crippen LogP contribution in [0.4, 0.5) is 5.69 Å². The van der Waals surface area contributed by atoms with Gasteiger partial charge in [-0.15, -0.1) is 0 Å². The first kappa shape index (κ1) is 19.0. The van der Waals surface area contributed by atoms with Gasteiger partial charge in [0.1, 0.15) is 0 Å². The smallest absolute Gasteiger partial charge is 0.329 e. The molecule has 0 radical (unpaired) electrons. The van der Waals surface area contributed by atoms with Crippen molar-refractivity contribution < 1.29 is 19.4 Å². The average Bonchev–Trinajstić information content (AvgIpc) is 2.59. The number of ether oxygens (including phenoxy) is 1. The summed E-state index contributed by atoms with van der Waals surface area (Å²) in [4.78, 5) is 23.5. The standard InChI is InChI=1S/C16H13ClIN3O4/c1-25-13-7-9(6-11(18)14(13)22)8-19-21-16(24)15(23)20-12-5-3-2-4-10(12)17/h2-8,22H,1H3,(H,20,23)(H,21,24)/b19-8-. The number of amides is 2. The Morgan fingerprint density at radius 3 is 2.68 bits per heavy atom. The van der Waals surface area contributed by atoms with Crippen molar-refractivity contribution in [1.29, 1.82) is 0 Å². The summed E-state index contributed by atoms with van der Waals surface area (Å²) in [5.41, 5.74) is 3.01. The van der Waals surface area contributed by atoms with Crippen LogP contribution in [0.1, 0.15) is 5.56 Å². The van der Waals surface area contributed by atoms with Crippen molar-refractivity contribution in [1.82, 2.24) is 5.43 Å². The molecule has 0 saturated heterocycles. The van der Waals surface area contributed by atoms with Crippen molar-refractivity contribution in [3.8, 4) is 11.5 Å². The van der Waals surface area contributed by atoms with E-state index in [1.807, 2.05) is 22.6 Å². The molecule has 0 saturated carbocycles. The van der Waals surface area contributed by atoms with Gasteiger partial charge in [0.2, 0.25) is 0 Å². The largest absolute Gasteiger partial charge is 0.504 e. The third kappa shape index (κ3) is 5.07. The second-order valence-corrected chi connectivity index (χ2v) is 6.26. The van der Waals surface area contributed by atoms with E-state index >= 15 is 0 Å². The number of para-hydroxylation sites is 1. The maximum absolute atomic E-state index is 11.8. The van der Waals surface area contributed by atoms with Crippen molar-refractivity contribution >= 4 is 57.9 Å². The van der Waals surface area contributed by atoms with Crippen LogP contribution in [0.3, 0.4) is 0 Å². The van der Waals surface area contributed by atoms with Crippen molar-refractivity contribution in [3.05, 3.63) is 50.6 Å². The molecule has 2 aromatic carbocycles. The number of phenolic OH excluding ortho intramolecular Hbond substituents is 1. The third-order valence-electron chi connectivity index (χ3n) is 2.98. The number of nitrogens with zero attached hydrogens (tertiary/aromatic N) is 1. The molecule has 2 rings (SSSR count). The van der Waals surface area contributed by atoms with Crippen molar-refractivity contribution in [3.63, 3.8) is 0 Å². The number of phenols is 1. The highest BCUT2D eigenvalue weighted by Gasteiger charge is 2.14. The lowest BCUT2D eigenvalue weighted by Crippen LogP contribution is -2.32. The lowest BCUT2D eigenvalue weighted by Gasteiger charge is -2.06. The molecular weight excluding hydrogens is 461 g/mol. The molecule has 9 heteroatoms. The van der Waals surface area contributed by atoms with Gasteiger partial charge in [-0.2, -0.15) is 5.10 Å². The van der Waals surface area contributed by atoms with Crippen LogP contribution in [0.2, 0.25) is 5.02 Å². The fourth-order valence-corrected chi connectivity index (χ4v) is 2.59. The van der Waals surface area contributed by atoms with Gasteiger partial charge in [0.15, 0.2) is 11.5 Å². The number of benzene rings is 2. The fourth-order valence-electron chi connectivity index (χ4n) is 1.78. The lowest BCUT2D eigenvalue weighted by atomic mass is 10.2. The number of hydrazone groups is 1. The quantitative estimate of drug-likeness (QED) is 0.275. The van der Waals surface area contributed by atoms with E-state index in [1.54, 1.807) is 30.3 Å². The normalized spacial score (nSPS) is 10.5. The van der Waals surface area contributed by atoms with Crippen LogP contribution >= 0.6 is 34.2 Å². The Kier molecular flexibility index (Phi) is 6.59. The summed E-state index contributed by atoms with van der Waals surface area (Å²) in [7, 11) is 1.42. The Balaban J connectivity index is 1.99. The predicted molar refractivity (Wildman–Crippen MR) is 103 cm³/mol. The van der Waals surface area contributed by atoms with E-state index < -0.39 is 11.8 Å². The van der Waals surface area contributed by atoms with E-state index in [0.717, 1.165) is 0 Å². The van der Waals surface area contributed by atoms with Crippen molar-refractivity contribution in [2.45, 2.75) is 0 Å². The van der Waals surface area contributed by atoms with E-state index in [9.17, 15) is 14.7 Å². The van der Waals surface area contributed by atoms with Gasteiger partial charge >= 0.3 is 11.8 Å². The lowest BCUT2D eigenvalue weighted by molar-refractivity contribution is -0.136. The minimum absolute atomic E-state index is 0.0170. The first-order valence-corrected chi connectivity index (χ1v) is 8.33. The van der Waals surface area contributed by atoms with Crippen molar-refractivity contribution in [2.75, 3.05) is 12.4 Å². The van der Waals surface area contributed by atoms with Gasteiger partial charge < -0.3 is 15.2 Å². The molecule has 2 aromatic rings. The Labute approximate surface area is 162 Å². The number of rotatable bonds is 4. The van der Waals surface area contributed by atoms with Gasteiger partial charge in [0.25, 0.3) is 0 Å². The van der Waals surface area contributed by atoms with Gasteiger partial charge in [0.05, 0.1) is 27.6 Å². The van der Waals surface area contributed by atoms with Gasteiger partial charge in [-0.05, 0) is 52.4 Å². The highest BCUT2D eigenvalue weighted by atomic mass is 127. The molecule has 0 unspecified atom stereocenters. The van der Waals surface area contributed by atoms with E-state index in [-0.39, 0.29) is 11.5 Å². The number of carbonyl (C=O) groups is 2. The summed E-state index contributed by atoms with van der Waals surface area (Å²) >= 11 is 7.84. The number of nitrogens with one attached hydrogen (secondary N) is 2. The third-order valence-corrected chi connectivity index (χ3v) is 4.13. The number of hydrogen-bond donors (Lipinski definition) is 3. The Hall–Kier alpha value is -2.33. The SMILES string of the molecule is COc1cc(/C=N\NC(=O)C(=O)Nc2ccccc2Cl)cc(I)c1O. The number of halogens is 2. The monoisotopic (exact) mass is 473 g/mol. The van der Waals surface area contributed by atoms with E-state index in [1.165, 1.54) is 19.4 Å². The molecule has 0 aliphatic carbocycles. The number of aromatic hydroxyl groups is 1. The predicted octanol–water partition coefficient (Wildman–Crippen LogP) is 2.75. The molecule has 0 atom stereocenters. The zero-order valence-corrected chi connectivity index (χ0v) is 15.8. The minimum Gasteiger partial charge on any atom is -0.504 e. The molecule has 0 heterocycles. The summed E-state index contributed by atoms with van der Waals surface area (Å²) in [5.74, 6) is -1.56. The summed E-state index contributed by atoms with van der Waals surface area (Å²) in [6, 6.07) is 9.72. The number of hydrogen-bond acceptors (Lipinski definition) is 5. The maximum Gasteiger partial charge on any atom is 0.329 e. The van der Waals surface area contributed by atoms with Crippen LogP contribution < -0.4 is 15.5 Å². The van der Waals surface area contributed by atoms with E-state index in [4.69, 9.17) is 16.3 Å². The second kappa shape index (κ2) is 8.67. The number of anilines is 1. The number of carbonyl (C=O) groups excluding carboxylic acids is 2. The molecule has 0 aromatic heterocycles. The minimum atomic E-state index is -0.948. The summed E-state index contributed by atoms with van der Waals surface area (Å²) in [5, 5.41) is 16.2. The van der Waals surface area contributed by atoms with E-state index in [0.29, 0.717) is 19.8 Å². The Bertz CT molecular complexity index is 842. The fraction of sp³-hybridized carbons (Fsp3) is 0.0625. The van der Waals surface area contributed by atoms with Crippen LogP contribution in [0, 0.1) is 3.57 Å². The van der Waals surface area contributed by atoms with Gasteiger partial charge in [-0.1, -0.05) is 23.7 Å². The molecule has 2 amide bonds. The van der Waals surface area contributed by atoms with E-state index in [2.05, 4.69) is 15.8 Å². The van der Waals surface area contributed by atoms with Crippen LogP contribution in [-0.2, 0) is 9.59 Å². The Morgan fingerprint density at radius 2 is 2.00 bits per heavy atom. The van der Waals surface area contributed by atoms with Crippen LogP contribution in [-0.4, -0.2) is 30.2 Å². The zero-order chi connectivity index (χ0) is 18.4. The maximum atomic E-state index is 11.8. The Morgan fingerprint density at radius 1 is 1.28 bits per heavy atom. The summed E-state index contributed by atoms with van der Waals surface area (Å²) in [6.07, 6.45) is 1.32. The molecule has 0 bridgehead atoms. The molecule has 0 fully saturated rings. The summed E-state index contributed by atoms with van der Waals surface area (Å²) in [6.45, 7) is 0. The zero-order valence-electron chi connectivity index (χ0n) is 12.9.